The number of amides is 1. The van der Waals surface area contributed by atoms with Crippen LogP contribution in [0.25, 0.3) is 0 Å². The predicted molar refractivity (Wildman–Crippen MR) is 88.2 cm³/mol. The molecule has 1 aliphatic rings. The fourth-order valence-electron chi connectivity index (χ4n) is 2.88. The second-order valence-electron chi connectivity index (χ2n) is 6.06. The molecule has 6 heteroatoms. The number of piperidine rings is 1. The van der Waals surface area contributed by atoms with Crippen molar-refractivity contribution in [3.63, 3.8) is 0 Å². The molecule has 2 N–H and O–H groups in total. The Hall–Kier alpha value is -1.95. The molecule has 1 heterocycles. The van der Waals surface area contributed by atoms with Gasteiger partial charge in [0.05, 0.1) is 26.7 Å². The summed E-state index contributed by atoms with van der Waals surface area (Å²) < 4.78 is 16.0. The molecule has 0 bridgehead atoms. The van der Waals surface area contributed by atoms with Gasteiger partial charge in [0.1, 0.15) is 0 Å². The third-order valence-corrected chi connectivity index (χ3v) is 4.32. The van der Waals surface area contributed by atoms with Gasteiger partial charge in [-0.3, -0.25) is 4.79 Å². The molecular formula is C17H26N2O4. The monoisotopic (exact) mass is 322 g/mol. The summed E-state index contributed by atoms with van der Waals surface area (Å²) in [5.74, 6) is 1.79. The summed E-state index contributed by atoms with van der Waals surface area (Å²) in [6.45, 7) is 4.12. The molecule has 0 saturated carbocycles. The van der Waals surface area contributed by atoms with Crippen LogP contribution < -0.4 is 24.8 Å². The van der Waals surface area contributed by atoms with Gasteiger partial charge >= 0.3 is 0 Å². The Morgan fingerprint density at radius 2 is 1.87 bits per heavy atom. The van der Waals surface area contributed by atoms with Crippen molar-refractivity contribution >= 4 is 5.91 Å². The quantitative estimate of drug-likeness (QED) is 0.834. The Labute approximate surface area is 137 Å². The molecule has 128 valence electrons. The Morgan fingerprint density at radius 3 is 2.35 bits per heavy atom. The van der Waals surface area contributed by atoms with E-state index in [4.69, 9.17) is 14.2 Å². The lowest BCUT2D eigenvalue weighted by Gasteiger charge is -2.32. The fourth-order valence-corrected chi connectivity index (χ4v) is 2.88. The molecule has 2 rings (SSSR count). The minimum absolute atomic E-state index is 0.0680. The number of methoxy groups -OCH3 is 3. The molecule has 1 amide bonds. The highest BCUT2D eigenvalue weighted by atomic mass is 16.5. The smallest absolute Gasteiger partial charge is 0.227 e. The summed E-state index contributed by atoms with van der Waals surface area (Å²) in [5, 5.41) is 6.31. The predicted octanol–water partition coefficient (Wildman–Crippen LogP) is 1.72. The number of hydrogen-bond donors (Lipinski definition) is 2. The van der Waals surface area contributed by atoms with Crippen LogP contribution in [0.1, 0.15) is 25.3 Å². The average molecular weight is 322 g/mol. The van der Waals surface area contributed by atoms with Crippen molar-refractivity contribution in [3.8, 4) is 17.2 Å². The highest BCUT2D eigenvalue weighted by Crippen LogP contribution is 2.38. The molecule has 0 aliphatic carbocycles. The van der Waals surface area contributed by atoms with Crippen molar-refractivity contribution < 1.29 is 19.0 Å². The zero-order valence-electron chi connectivity index (χ0n) is 14.3. The van der Waals surface area contributed by atoms with Crippen LogP contribution in [0, 0.1) is 5.41 Å². The van der Waals surface area contributed by atoms with E-state index in [1.807, 2.05) is 19.1 Å². The summed E-state index contributed by atoms with van der Waals surface area (Å²) in [6.07, 6.45) is 1.93. The summed E-state index contributed by atoms with van der Waals surface area (Å²) >= 11 is 0. The maximum Gasteiger partial charge on any atom is 0.227 e. The molecule has 1 aromatic rings. The molecule has 1 unspecified atom stereocenters. The summed E-state index contributed by atoms with van der Waals surface area (Å²) in [5.41, 5.74) is 0.555. The number of nitrogens with one attached hydrogen (secondary N) is 2. The lowest BCUT2D eigenvalue weighted by molar-refractivity contribution is -0.131. The van der Waals surface area contributed by atoms with Crippen LogP contribution in [0.5, 0.6) is 17.2 Å². The van der Waals surface area contributed by atoms with Crippen LogP contribution in [0.15, 0.2) is 12.1 Å². The van der Waals surface area contributed by atoms with Gasteiger partial charge in [-0.2, -0.15) is 0 Å². The van der Waals surface area contributed by atoms with E-state index in [1.165, 1.54) is 0 Å². The topological polar surface area (TPSA) is 68.8 Å². The highest BCUT2D eigenvalue weighted by Gasteiger charge is 2.34. The van der Waals surface area contributed by atoms with Crippen molar-refractivity contribution in [2.45, 2.75) is 26.3 Å². The summed E-state index contributed by atoms with van der Waals surface area (Å²) in [7, 11) is 4.72. The molecular weight excluding hydrogens is 296 g/mol. The maximum absolute atomic E-state index is 12.5. The van der Waals surface area contributed by atoms with Crippen LogP contribution in [0.3, 0.4) is 0 Å². The molecule has 1 aliphatic heterocycles. The first-order valence-corrected chi connectivity index (χ1v) is 7.82. The number of rotatable bonds is 6. The molecule has 1 fully saturated rings. The zero-order valence-corrected chi connectivity index (χ0v) is 14.3. The van der Waals surface area contributed by atoms with Crippen LogP contribution in [-0.4, -0.2) is 40.3 Å². The second-order valence-corrected chi connectivity index (χ2v) is 6.06. The maximum atomic E-state index is 12.5. The zero-order chi connectivity index (χ0) is 16.9. The van der Waals surface area contributed by atoms with E-state index >= 15 is 0 Å². The van der Waals surface area contributed by atoms with E-state index in [9.17, 15) is 4.79 Å². The van der Waals surface area contributed by atoms with Gasteiger partial charge in [-0.15, -0.1) is 0 Å². The molecule has 0 radical (unpaired) electrons. The van der Waals surface area contributed by atoms with Crippen molar-refractivity contribution in [1.82, 2.24) is 10.6 Å². The summed E-state index contributed by atoms with van der Waals surface area (Å²) in [4.78, 5) is 12.5. The van der Waals surface area contributed by atoms with Gasteiger partial charge in [0.2, 0.25) is 11.7 Å². The number of carbonyl (C=O) groups excluding carboxylic acids is 1. The van der Waals surface area contributed by atoms with Gasteiger partial charge < -0.3 is 24.8 Å². The molecule has 1 atom stereocenters. The first kappa shape index (κ1) is 17.4. The second kappa shape index (κ2) is 7.55. The van der Waals surface area contributed by atoms with Gasteiger partial charge in [0, 0.05) is 13.1 Å². The number of benzene rings is 1. The molecule has 23 heavy (non-hydrogen) atoms. The van der Waals surface area contributed by atoms with E-state index in [2.05, 4.69) is 10.6 Å². The van der Waals surface area contributed by atoms with E-state index in [1.54, 1.807) is 21.3 Å². The number of carbonyl (C=O) groups is 1. The van der Waals surface area contributed by atoms with Gasteiger partial charge in [-0.25, -0.2) is 0 Å². The van der Waals surface area contributed by atoms with E-state index in [0.717, 1.165) is 24.9 Å². The molecule has 6 nitrogen and oxygen atoms in total. The van der Waals surface area contributed by atoms with E-state index in [-0.39, 0.29) is 11.3 Å². The molecule has 0 spiro atoms. The minimum Gasteiger partial charge on any atom is -0.493 e. The van der Waals surface area contributed by atoms with Crippen molar-refractivity contribution in [3.05, 3.63) is 17.7 Å². The average Bonchev–Trinajstić information content (AvgIpc) is 2.59. The van der Waals surface area contributed by atoms with E-state index in [0.29, 0.717) is 30.3 Å². The van der Waals surface area contributed by atoms with Crippen LogP contribution >= 0.6 is 0 Å². The standard InChI is InChI=1S/C17H26N2O4/c1-17(6-5-7-18-11-17)16(20)19-10-12-8-13(21-2)15(23-4)14(9-12)22-3/h8-9,18H,5-7,10-11H2,1-4H3,(H,19,20). The minimum atomic E-state index is -0.348. The molecule has 1 aromatic carbocycles. The van der Waals surface area contributed by atoms with Crippen molar-refractivity contribution in [2.24, 2.45) is 5.41 Å². The largest absolute Gasteiger partial charge is 0.493 e. The SMILES string of the molecule is COc1cc(CNC(=O)C2(C)CCCNC2)cc(OC)c1OC. The molecule has 1 saturated heterocycles. The lowest BCUT2D eigenvalue weighted by atomic mass is 9.82. The van der Waals surface area contributed by atoms with Crippen molar-refractivity contribution in [1.29, 1.82) is 0 Å². The third kappa shape index (κ3) is 3.88. The first-order valence-electron chi connectivity index (χ1n) is 7.82. The highest BCUT2D eigenvalue weighted by molar-refractivity contribution is 5.82. The first-order chi connectivity index (χ1) is 11.0. The Kier molecular flexibility index (Phi) is 5.71. The number of hydrogen-bond acceptors (Lipinski definition) is 5. The Morgan fingerprint density at radius 1 is 1.22 bits per heavy atom. The van der Waals surface area contributed by atoms with Gasteiger partial charge in [-0.1, -0.05) is 0 Å². The fraction of sp³-hybridized carbons (Fsp3) is 0.588. The Balaban J connectivity index is 2.09. The van der Waals surface area contributed by atoms with Crippen LogP contribution in [0.2, 0.25) is 0 Å². The van der Waals surface area contributed by atoms with Gasteiger partial charge in [0.25, 0.3) is 0 Å². The van der Waals surface area contributed by atoms with Gasteiger partial charge in [0.15, 0.2) is 11.5 Å². The van der Waals surface area contributed by atoms with Crippen LogP contribution in [0.4, 0.5) is 0 Å². The van der Waals surface area contributed by atoms with Gasteiger partial charge in [-0.05, 0) is 44.0 Å². The normalized spacial score (nSPS) is 20.7. The van der Waals surface area contributed by atoms with E-state index < -0.39 is 0 Å². The Bertz CT molecular complexity index is 529. The number of ether oxygens (including phenoxy) is 3. The molecule has 0 aromatic heterocycles. The lowest BCUT2D eigenvalue weighted by Crippen LogP contribution is -2.48. The van der Waals surface area contributed by atoms with Crippen molar-refractivity contribution in [2.75, 3.05) is 34.4 Å². The van der Waals surface area contributed by atoms with Crippen LogP contribution in [-0.2, 0) is 11.3 Å². The third-order valence-electron chi connectivity index (χ3n) is 4.32. The summed E-state index contributed by atoms with van der Waals surface area (Å²) in [6, 6.07) is 3.70.